The molecular formula is C27H34N4O3. The molecular weight excluding hydrogens is 428 g/mol. The van der Waals surface area contributed by atoms with Crippen molar-refractivity contribution in [3.63, 3.8) is 0 Å². The van der Waals surface area contributed by atoms with Crippen molar-refractivity contribution in [3.05, 3.63) is 53.1 Å². The third-order valence-electron chi connectivity index (χ3n) is 7.02. The van der Waals surface area contributed by atoms with Crippen LogP contribution in [0.25, 0.3) is 0 Å². The van der Waals surface area contributed by atoms with Gasteiger partial charge in [-0.1, -0.05) is 6.07 Å². The average Bonchev–Trinajstić information content (AvgIpc) is 2.84. The maximum absolute atomic E-state index is 13.5. The molecule has 2 aliphatic heterocycles. The van der Waals surface area contributed by atoms with E-state index in [2.05, 4.69) is 10.2 Å². The van der Waals surface area contributed by atoms with Crippen LogP contribution in [-0.2, 0) is 9.59 Å². The first-order valence-electron chi connectivity index (χ1n) is 12.2. The summed E-state index contributed by atoms with van der Waals surface area (Å²) in [5, 5.41) is 2.93. The molecule has 1 atom stereocenters. The zero-order valence-electron chi connectivity index (χ0n) is 20.6. The second-order valence-corrected chi connectivity index (χ2v) is 9.16. The number of fused-ring (bicyclic) bond motifs is 3. The van der Waals surface area contributed by atoms with Crippen molar-refractivity contribution in [2.45, 2.75) is 53.0 Å². The quantitative estimate of drug-likeness (QED) is 0.701. The number of carbonyl (C=O) groups is 3. The predicted octanol–water partition coefficient (Wildman–Crippen LogP) is 4.13. The van der Waals surface area contributed by atoms with E-state index in [-0.39, 0.29) is 30.3 Å². The molecule has 7 nitrogen and oxygen atoms in total. The lowest BCUT2D eigenvalue weighted by Gasteiger charge is -2.45. The van der Waals surface area contributed by atoms with E-state index in [9.17, 15) is 14.4 Å². The molecule has 4 rings (SSSR count). The molecule has 0 unspecified atom stereocenters. The normalized spacial score (nSPS) is 17.2. The zero-order valence-corrected chi connectivity index (χ0v) is 20.6. The monoisotopic (exact) mass is 462 g/mol. The predicted molar refractivity (Wildman–Crippen MR) is 136 cm³/mol. The molecule has 2 aliphatic rings. The molecule has 34 heavy (non-hydrogen) atoms. The number of aryl methyl sites for hydroxylation is 2. The van der Waals surface area contributed by atoms with Crippen LogP contribution in [0, 0.1) is 13.8 Å². The van der Waals surface area contributed by atoms with E-state index in [1.807, 2.05) is 58.0 Å². The summed E-state index contributed by atoms with van der Waals surface area (Å²) in [7, 11) is 0. The summed E-state index contributed by atoms with van der Waals surface area (Å²) in [5.74, 6) is -0.400. The van der Waals surface area contributed by atoms with E-state index in [1.165, 1.54) is 0 Å². The molecule has 0 saturated carbocycles. The molecule has 0 bridgehead atoms. The lowest BCUT2D eigenvalue weighted by molar-refractivity contribution is -0.123. The minimum Gasteiger partial charge on any atom is -0.358 e. The number of anilines is 3. The van der Waals surface area contributed by atoms with Gasteiger partial charge in [0.2, 0.25) is 11.8 Å². The summed E-state index contributed by atoms with van der Waals surface area (Å²) in [5.41, 5.74) is 5.04. The number of rotatable bonds is 6. The molecule has 1 saturated heterocycles. The zero-order chi connectivity index (χ0) is 24.4. The molecule has 0 spiro atoms. The Labute approximate surface area is 201 Å². The highest BCUT2D eigenvalue weighted by Gasteiger charge is 2.40. The summed E-state index contributed by atoms with van der Waals surface area (Å²) < 4.78 is 0. The van der Waals surface area contributed by atoms with Crippen LogP contribution >= 0.6 is 0 Å². The molecule has 180 valence electrons. The van der Waals surface area contributed by atoms with E-state index in [1.54, 1.807) is 15.9 Å². The minimum absolute atomic E-state index is 0.0689. The first-order chi connectivity index (χ1) is 16.3. The molecule has 2 aromatic rings. The maximum atomic E-state index is 13.5. The largest absolute Gasteiger partial charge is 0.358 e. The van der Waals surface area contributed by atoms with Crippen molar-refractivity contribution in [1.29, 1.82) is 0 Å². The van der Waals surface area contributed by atoms with Gasteiger partial charge in [-0.2, -0.15) is 0 Å². The van der Waals surface area contributed by atoms with Crippen LogP contribution in [0.1, 0.15) is 54.6 Å². The van der Waals surface area contributed by atoms with Crippen LogP contribution < -0.4 is 15.1 Å². The van der Waals surface area contributed by atoms with Gasteiger partial charge in [-0.25, -0.2) is 0 Å². The van der Waals surface area contributed by atoms with Gasteiger partial charge in [-0.15, -0.1) is 0 Å². The van der Waals surface area contributed by atoms with Gasteiger partial charge < -0.3 is 15.1 Å². The average molecular weight is 463 g/mol. The van der Waals surface area contributed by atoms with Crippen LogP contribution in [-0.4, -0.2) is 54.8 Å². The van der Waals surface area contributed by atoms with Crippen LogP contribution in [0.3, 0.4) is 0 Å². The van der Waals surface area contributed by atoms with E-state index in [4.69, 9.17) is 0 Å². The van der Waals surface area contributed by atoms with Crippen molar-refractivity contribution in [1.82, 2.24) is 4.90 Å². The fraction of sp³-hybridized carbons (Fsp3) is 0.444. The van der Waals surface area contributed by atoms with E-state index in [0.29, 0.717) is 30.0 Å². The smallest absolute Gasteiger partial charge is 0.253 e. The Morgan fingerprint density at radius 1 is 1.00 bits per heavy atom. The number of nitrogens with one attached hydrogen (secondary N) is 1. The van der Waals surface area contributed by atoms with Crippen LogP contribution in [0.4, 0.5) is 17.1 Å². The van der Waals surface area contributed by atoms with Crippen LogP contribution in [0.5, 0.6) is 0 Å². The summed E-state index contributed by atoms with van der Waals surface area (Å²) >= 11 is 0. The number of carbonyl (C=O) groups excluding carboxylic acids is 3. The van der Waals surface area contributed by atoms with E-state index in [0.717, 1.165) is 42.6 Å². The molecule has 2 aromatic carbocycles. The lowest BCUT2D eigenvalue weighted by Crippen LogP contribution is -2.56. The Kier molecular flexibility index (Phi) is 6.91. The Bertz CT molecular complexity index is 1110. The van der Waals surface area contributed by atoms with Crippen molar-refractivity contribution in [3.8, 4) is 0 Å². The number of piperidine rings is 1. The summed E-state index contributed by atoms with van der Waals surface area (Å²) in [6.45, 7) is 9.86. The molecule has 2 heterocycles. The van der Waals surface area contributed by atoms with Crippen LogP contribution in [0.2, 0.25) is 0 Å². The highest BCUT2D eigenvalue weighted by Crippen LogP contribution is 2.40. The second kappa shape index (κ2) is 9.87. The number of benzene rings is 2. The Morgan fingerprint density at radius 2 is 1.76 bits per heavy atom. The Hall–Kier alpha value is -3.35. The SMILES string of the molecule is CCN(CC)C(=O)c1ccc2c(c1)N(CC(=O)Nc1ccc(C)c(C)c1)C(=O)[C@@H]1CCCCN21. The summed E-state index contributed by atoms with van der Waals surface area (Å²) in [6.07, 6.45) is 2.79. The molecule has 1 fully saturated rings. The van der Waals surface area contributed by atoms with Gasteiger partial charge >= 0.3 is 0 Å². The van der Waals surface area contributed by atoms with Crippen molar-refractivity contribution < 1.29 is 14.4 Å². The lowest BCUT2D eigenvalue weighted by atomic mass is 9.95. The Balaban J connectivity index is 1.66. The van der Waals surface area contributed by atoms with Gasteiger partial charge in [0.25, 0.3) is 5.91 Å². The number of nitrogens with zero attached hydrogens (tertiary/aromatic N) is 3. The first-order valence-corrected chi connectivity index (χ1v) is 12.2. The van der Waals surface area contributed by atoms with Gasteiger partial charge in [-0.3, -0.25) is 19.3 Å². The fourth-order valence-electron chi connectivity index (χ4n) is 4.91. The standard InChI is InChI=1S/C27H34N4O3/c1-5-29(6-2)26(33)20-11-13-22-24(16-20)31(27(34)23-9-7-8-14-30(22)23)17-25(32)28-21-12-10-18(3)19(4)15-21/h10-13,15-16,23H,5-9,14,17H2,1-4H3,(H,28,32)/t23-/m0/s1. The van der Waals surface area contributed by atoms with Crippen molar-refractivity contribution >= 4 is 34.8 Å². The summed E-state index contributed by atoms with van der Waals surface area (Å²) in [4.78, 5) is 45.0. The number of hydrogen-bond acceptors (Lipinski definition) is 4. The van der Waals surface area contributed by atoms with Gasteiger partial charge in [0.1, 0.15) is 12.6 Å². The van der Waals surface area contributed by atoms with Gasteiger partial charge in [0.15, 0.2) is 0 Å². The maximum Gasteiger partial charge on any atom is 0.253 e. The molecule has 3 amide bonds. The third-order valence-corrected chi connectivity index (χ3v) is 7.02. The topological polar surface area (TPSA) is 73.0 Å². The fourth-order valence-corrected chi connectivity index (χ4v) is 4.91. The van der Waals surface area contributed by atoms with Crippen molar-refractivity contribution in [2.75, 3.05) is 41.3 Å². The minimum atomic E-state index is -0.264. The number of amides is 3. The first kappa shape index (κ1) is 23.8. The molecule has 0 radical (unpaired) electrons. The Morgan fingerprint density at radius 3 is 2.47 bits per heavy atom. The highest BCUT2D eigenvalue weighted by molar-refractivity contribution is 6.11. The van der Waals surface area contributed by atoms with E-state index >= 15 is 0 Å². The molecule has 7 heteroatoms. The van der Waals surface area contributed by atoms with Gasteiger partial charge in [0.05, 0.1) is 11.4 Å². The summed E-state index contributed by atoms with van der Waals surface area (Å²) in [6, 6.07) is 11.1. The highest BCUT2D eigenvalue weighted by atomic mass is 16.2. The molecule has 0 aliphatic carbocycles. The van der Waals surface area contributed by atoms with Gasteiger partial charge in [0, 0.05) is 30.9 Å². The van der Waals surface area contributed by atoms with Crippen LogP contribution in [0.15, 0.2) is 36.4 Å². The van der Waals surface area contributed by atoms with Gasteiger partial charge in [-0.05, 0) is 88.4 Å². The van der Waals surface area contributed by atoms with Crippen molar-refractivity contribution in [2.24, 2.45) is 0 Å². The molecule has 0 aromatic heterocycles. The second-order valence-electron chi connectivity index (χ2n) is 9.16. The van der Waals surface area contributed by atoms with E-state index < -0.39 is 0 Å². The molecule has 1 N–H and O–H groups in total. The number of hydrogen-bond donors (Lipinski definition) is 1. The third kappa shape index (κ3) is 4.52.